The number of fused-ring (bicyclic) bond motifs is 1. The topological polar surface area (TPSA) is 37.9 Å². The summed E-state index contributed by atoms with van der Waals surface area (Å²) in [6.07, 6.45) is 1.85. The molecule has 0 atom stereocenters. The Morgan fingerprint density at radius 2 is 2.00 bits per heavy atom. The molecule has 90 valence electrons. The molecule has 0 saturated carbocycles. The average molecular weight is 274 g/mol. The van der Waals surface area contributed by atoms with E-state index < -0.39 is 0 Å². The molecule has 0 aliphatic rings. The number of thiazole rings is 1. The first-order valence-corrected chi connectivity index (χ1v) is 6.62. The third-order valence-corrected chi connectivity index (χ3v) is 3.87. The summed E-state index contributed by atoms with van der Waals surface area (Å²) in [5, 5.41) is 0. The molecule has 0 radical (unpaired) electrons. The van der Waals surface area contributed by atoms with E-state index >= 15 is 0 Å². The number of hydrogen-bond acceptors (Lipinski definition) is 4. The van der Waals surface area contributed by atoms with Crippen LogP contribution in [0.15, 0.2) is 36.5 Å². The number of hydrogen-bond donors (Lipinski definition) is 1. The van der Waals surface area contributed by atoms with Crippen LogP contribution in [0.1, 0.15) is 0 Å². The number of pyridine rings is 1. The van der Waals surface area contributed by atoms with Gasteiger partial charge in [0.1, 0.15) is 11.4 Å². The Balaban J connectivity index is 2.09. The first kappa shape index (κ1) is 11.4. The van der Waals surface area contributed by atoms with Gasteiger partial charge in [0, 0.05) is 11.8 Å². The minimum Gasteiger partial charge on any atom is -0.497 e. The lowest BCUT2D eigenvalue weighted by Gasteiger charge is -2.03. The summed E-state index contributed by atoms with van der Waals surface area (Å²) in [6, 6.07) is 10.0. The van der Waals surface area contributed by atoms with Gasteiger partial charge in [-0.25, -0.2) is 4.98 Å². The molecule has 2 aromatic heterocycles. The molecule has 1 aromatic carbocycles. The highest BCUT2D eigenvalue weighted by atomic mass is 32.1. The third-order valence-electron chi connectivity index (χ3n) is 2.70. The first-order valence-electron chi connectivity index (χ1n) is 5.39. The predicted molar refractivity (Wildman–Crippen MR) is 76.8 cm³/mol. The zero-order chi connectivity index (χ0) is 12.5. The number of nitrogens with one attached hydrogen (secondary N) is 1. The minimum absolute atomic E-state index is 0.754. The van der Waals surface area contributed by atoms with Gasteiger partial charge < -0.3 is 9.72 Å². The molecule has 5 heteroatoms. The molecular weight excluding hydrogens is 264 g/mol. The molecule has 0 aliphatic carbocycles. The lowest BCUT2D eigenvalue weighted by Crippen LogP contribution is -1.84. The Kier molecular flexibility index (Phi) is 2.85. The van der Waals surface area contributed by atoms with Gasteiger partial charge >= 0.3 is 0 Å². The Hall–Kier alpha value is -1.72. The monoisotopic (exact) mass is 274 g/mol. The van der Waals surface area contributed by atoms with Crippen LogP contribution in [0.4, 0.5) is 0 Å². The van der Waals surface area contributed by atoms with Crippen LogP contribution in [0.5, 0.6) is 5.75 Å². The molecule has 0 bridgehead atoms. The SMILES string of the molecule is COc1ccc(-c2cnc3[nH]c(=S)sc3c2)cc1. The zero-order valence-corrected chi connectivity index (χ0v) is 11.3. The van der Waals surface area contributed by atoms with Crippen molar-refractivity contribution in [2.75, 3.05) is 7.11 Å². The van der Waals surface area contributed by atoms with Crippen molar-refractivity contribution in [3.8, 4) is 16.9 Å². The Labute approximate surface area is 113 Å². The number of benzene rings is 1. The summed E-state index contributed by atoms with van der Waals surface area (Å²) in [5.41, 5.74) is 3.04. The molecule has 3 nitrogen and oxygen atoms in total. The Morgan fingerprint density at radius 3 is 2.72 bits per heavy atom. The largest absolute Gasteiger partial charge is 0.497 e. The fourth-order valence-corrected chi connectivity index (χ4v) is 2.88. The standard InChI is InChI=1S/C13H10N2OS2/c1-16-10-4-2-8(3-5-10)9-6-11-12(14-7-9)15-13(17)18-11/h2-7H,1H3,(H,14,15,17). The van der Waals surface area contributed by atoms with Gasteiger partial charge in [-0.2, -0.15) is 0 Å². The van der Waals surface area contributed by atoms with Gasteiger partial charge in [-0.05, 0) is 36.0 Å². The van der Waals surface area contributed by atoms with Crippen molar-refractivity contribution in [1.29, 1.82) is 0 Å². The van der Waals surface area contributed by atoms with Crippen molar-refractivity contribution in [3.05, 3.63) is 40.5 Å². The van der Waals surface area contributed by atoms with Crippen LogP contribution < -0.4 is 4.74 Å². The second kappa shape index (κ2) is 4.51. The fourth-order valence-electron chi connectivity index (χ4n) is 1.78. The van der Waals surface area contributed by atoms with Gasteiger partial charge in [-0.3, -0.25) is 0 Å². The van der Waals surface area contributed by atoms with Crippen molar-refractivity contribution < 1.29 is 4.74 Å². The molecular formula is C13H10N2OS2. The molecule has 18 heavy (non-hydrogen) atoms. The molecule has 3 rings (SSSR count). The fraction of sp³-hybridized carbons (Fsp3) is 0.0769. The molecule has 0 unspecified atom stereocenters. The maximum absolute atomic E-state index is 5.15. The molecule has 3 aromatic rings. The molecule has 0 amide bonds. The van der Waals surface area contributed by atoms with E-state index in [1.54, 1.807) is 18.4 Å². The highest BCUT2D eigenvalue weighted by molar-refractivity contribution is 7.73. The molecule has 0 fully saturated rings. The van der Waals surface area contributed by atoms with E-state index in [2.05, 4.69) is 16.0 Å². The number of aromatic amines is 1. The molecule has 2 heterocycles. The third kappa shape index (κ3) is 2.02. The summed E-state index contributed by atoms with van der Waals surface area (Å²) in [5.74, 6) is 0.852. The summed E-state index contributed by atoms with van der Waals surface area (Å²) in [4.78, 5) is 7.44. The van der Waals surface area contributed by atoms with Crippen LogP contribution in [-0.4, -0.2) is 17.1 Å². The average Bonchev–Trinajstić information content (AvgIpc) is 2.78. The summed E-state index contributed by atoms with van der Waals surface area (Å²) < 4.78 is 6.98. The predicted octanol–water partition coefficient (Wildman–Crippen LogP) is 4.03. The quantitative estimate of drug-likeness (QED) is 0.717. The first-order chi connectivity index (χ1) is 8.76. The van der Waals surface area contributed by atoms with Gasteiger partial charge in [0.25, 0.3) is 0 Å². The Morgan fingerprint density at radius 1 is 1.22 bits per heavy atom. The van der Waals surface area contributed by atoms with E-state index in [9.17, 15) is 0 Å². The minimum atomic E-state index is 0.754. The lowest BCUT2D eigenvalue weighted by molar-refractivity contribution is 0.415. The van der Waals surface area contributed by atoms with Gasteiger partial charge in [0.15, 0.2) is 3.95 Å². The number of ether oxygens (including phenoxy) is 1. The van der Waals surface area contributed by atoms with E-state index in [4.69, 9.17) is 17.0 Å². The van der Waals surface area contributed by atoms with Crippen molar-refractivity contribution in [3.63, 3.8) is 0 Å². The van der Waals surface area contributed by atoms with E-state index in [1.165, 1.54) is 0 Å². The summed E-state index contributed by atoms with van der Waals surface area (Å²) in [6.45, 7) is 0. The molecule has 0 aliphatic heterocycles. The van der Waals surface area contributed by atoms with Gasteiger partial charge in [-0.1, -0.05) is 12.1 Å². The zero-order valence-electron chi connectivity index (χ0n) is 9.64. The van der Waals surface area contributed by atoms with Crippen molar-refractivity contribution in [1.82, 2.24) is 9.97 Å². The van der Waals surface area contributed by atoms with E-state index in [-0.39, 0.29) is 0 Å². The van der Waals surface area contributed by atoms with Crippen molar-refractivity contribution >= 4 is 33.9 Å². The molecule has 0 saturated heterocycles. The summed E-state index contributed by atoms with van der Waals surface area (Å²) >= 11 is 6.65. The Bertz CT molecular complexity index is 744. The highest BCUT2D eigenvalue weighted by Crippen LogP contribution is 2.26. The second-order valence-corrected chi connectivity index (χ2v) is 5.53. The van der Waals surface area contributed by atoms with E-state index in [1.807, 2.05) is 30.5 Å². The van der Waals surface area contributed by atoms with Crippen LogP contribution in [-0.2, 0) is 0 Å². The van der Waals surface area contributed by atoms with Crippen molar-refractivity contribution in [2.24, 2.45) is 0 Å². The summed E-state index contributed by atoms with van der Waals surface area (Å²) in [7, 11) is 1.66. The smallest absolute Gasteiger partial charge is 0.160 e. The van der Waals surface area contributed by atoms with Gasteiger partial charge in [-0.15, -0.1) is 11.3 Å². The van der Waals surface area contributed by atoms with Gasteiger partial charge in [0.05, 0.1) is 11.8 Å². The number of rotatable bonds is 2. The molecule has 0 spiro atoms. The maximum atomic E-state index is 5.15. The number of aromatic nitrogens is 2. The second-order valence-electron chi connectivity index (χ2n) is 3.81. The number of nitrogens with zero attached hydrogens (tertiary/aromatic N) is 1. The van der Waals surface area contributed by atoms with Gasteiger partial charge in [0.2, 0.25) is 0 Å². The molecule has 1 N–H and O–H groups in total. The van der Waals surface area contributed by atoms with Crippen LogP contribution in [0, 0.1) is 3.95 Å². The van der Waals surface area contributed by atoms with Crippen LogP contribution in [0.3, 0.4) is 0 Å². The number of H-pyrrole nitrogens is 1. The number of methoxy groups -OCH3 is 1. The lowest BCUT2D eigenvalue weighted by atomic mass is 10.1. The van der Waals surface area contributed by atoms with Crippen LogP contribution in [0.2, 0.25) is 0 Å². The van der Waals surface area contributed by atoms with Crippen molar-refractivity contribution in [2.45, 2.75) is 0 Å². The van der Waals surface area contributed by atoms with Crippen LogP contribution in [0.25, 0.3) is 21.5 Å². The van der Waals surface area contributed by atoms with E-state index in [0.29, 0.717) is 0 Å². The van der Waals surface area contributed by atoms with E-state index in [0.717, 1.165) is 31.2 Å². The van der Waals surface area contributed by atoms with Crippen LogP contribution >= 0.6 is 23.6 Å². The maximum Gasteiger partial charge on any atom is 0.160 e. The normalized spacial score (nSPS) is 10.7. The highest BCUT2D eigenvalue weighted by Gasteiger charge is 2.03.